The molecule has 0 fully saturated rings. The van der Waals surface area contributed by atoms with Gasteiger partial charge >= 0.3 is 5.97 Å². The summed E-state index contributed by atoms with van der Waals surface area (Å²) in [6.45, 7) is 7.45. The molecule has 3 rings (SSSR count). The number of ether oxygens (including phenoxy) is 2. The summed E-state index contributed by atoms with van der Waals surface area (Å²) in [4.78, 5) is 12.6. The van der Waals surface area contributed by atoms with Crippen LogP contribution in [0.25, 0.3) is 11.1 Å². The standard InChI is InChI=1S/C31H38O3/c1-4-6-7-8-9-22-33-29-18-20-30(21-19-29)34-31(32)28-16-14-27(15-17-28)26-12-10-25(11-13-26)23-24(3)5-2/h10-21,24H,4-9,22-23H2,1-3H3. The maximum atomic E-state index is 12.6. The van der Waals surface area contributed by atoms with E-state index in [1.165, 1.54) is 37.7 Å². The van der Waals surface area contributed by atoms with Crippen LogP contribution in [0.15, 0.2) is 72.8 Å². The Morgan fingerprint density at radius 3 is 1.94 bits per heavy atom. The van der Waals surface area contributed by atoms with Crippen molar-refractivity contribution < 1.29 is 14.3 Å². The predicted molar refractivity (Wildman–Crippen MR) is 141 cm³/mol. The maximum Gasteiger partial charge on any atom is 0.343 e. The van der Waals surface area contributed by atoms with E-state index in [0.717, 1.165) is 36.3 Å². The van der Waals surface area contributed by atoms with Crippen LogP contribution in [0.4, 0.5) is 0 Å². The first-order chi connectivity index (χ1) is 16.6. The second-order valence-corrected chi connectivity index (χ2v) is 9.12. The first-order valence-corrected chi connectivity index (χ1v) is 12.7. The molecule has 0 heterocycles. The molecule has 0 aliphatic heterocycles. The largest absolute Gasteiger partial charge is 0.494 e. The highest BCUT2D eigenvalue weighted by Gasteiger charge is 2.10. The highest BCUT2D eigenvalue weighted by Crippen LogP contribution is 2.23. The molecule has 3 aromatic carbocycles. The first-order valence-electron chi connectivity index (χ1n) is 12.7. The van der Waals surface area contributed by atoms with E-state index in [4.69, 9.17) is 9.47 Å². The molecule has 0 saturated carbocycles. The average molecular weight is 459 g/mol. The van der Waals surface area contributed by atoms with Crippen molar-refractivity contribution in [2.45, 2.75) is 65.7 Å². The third-order valence-corrected chi connectivity index (χ3v) is 6.24. The second-order valence-electron chi connectivity index (χ2n) is 9.12. The summed E-state index contributed by atoms with van der Waals surface area (Å²) in [5.74, 6) is 1.65. The van der Waals surface area contributed by atoms with Gasteiger partial charge in [0.05, 0.1) is 12.2 Å². The van der Waals surface area contributed by atoms with Crippen LogP contribution in [0.5, 0.6) is 11.5 Å². The van der Waals surface area contributed by atoms with Crippen LogP contribution in [0.2, 0.25) is 0 Å². The zero-order chi connectivity index (χ0) is 24.2. The van der Waals surface area contributed by atoms with E-state index in [9.17, 15) is 4.79 Å². The van der Waals surface area contributed by atoms with Crippen LogP contribution in [-0.2, 0) is 6.42 Å². The molecule has 0 N–H and O–H groups in total. The van der Waals surface area contributed by atoms with Crippen LogP contribution in [0.3, 0.4) is 0 Å². The van der Waals surface area contributed by atoms with Crippen LogP contribution < -0.4 is 9.47 Å². The molecule has 0 bridgehead atoms. The quantitative estimate of drug-likeness (QED) is 0.146. The molecule has 3 aromatic rings. The fraction of sp³-hybridized carbons (Fsp3) is 0.387. The first kappa shape index (κ1) is 25.6. The lowest BCUT2D eigenvalue weighted by molar-refractivity contribution is 0.0734. The molecule has 0 radical (unpaired) electrons. The zero-order valence-corrected chi connectivity index (χ0v) is 20.9. The molecule has 3 heteroatoms. The number of hydrogen-bond acceptors (Lipinski definition) is 3. The van der Waals surface area contributed by atoms with Gasteiger partial charge in [-0.3, -0.25) is 0 Å². The Kier molecular flexibility index (Phi) is 10.2. The van der Waals surface area contributed by atoms with Gasteiger partial charge in [-0.1, -0.05) is 89.3 Å². The molecule has 1 atom stereocenters. The molecule has 180 valence electrons. The monoisotopic (exact) mass is 458 g/mol. The van der Waals surface area contributed by atoms with E-state index in [-0.39, 0.29) is 5.97 Å². The molecule has 3 nitrogen and oxygen atoms in total. The molecule has 0 saturated heterocycles. The van der Waals surface area contributed by atoms with Gasteiger partial charge in [0, 0.05) is 0 Å². The lowest BCUT2D eigenvalue weighted by Gasteiger charge is -2.10. The summed E-state index contributed by atoms with van der Waals surface area (Å²) in [6.07, 6.45) is 8.36. The Hall–Kier alpha value is -3.07. The van der Waals surface area contributed by atoms with E-state index >= 15 is 0 Å². The minimum atomic E-state index is -0.361. The van der Waals surface area contributed by atoms with E-state index < -0.39 is 0 Å². The summed E-state index contributed by atoms with van der Waals surface area (Å²) in [5, 5.41) is 0. The van der Waals surface area contributed by atoms with Crippen LogP contribution in [0, 0.1) is 5.92 Å². The van der Waals surface area contributed by atoms with Gasteiger partial charge in [0.1, 0.15) is 11.5 Å². The van der Waals surface area contributed by atoms with E-state index in [0.29, 0.717) is 17.2 Å². The Morgan fingerprint density at radius 1 is 0.735 bits per heavy atom. The van der Waals surface area contributed by atoms with Gasteiger partial charge in [-0.15, -0.1) is 0 Å². The normalized spacial score (nSPS) is 11.7. The Morgan fingerprint density at radius 2 is 1.32 bits per heavy atom. The highest BCUT2D eigenvalue weighted by molar-refractivity contribution is 5.91. The van der Waals surface area contributed by atoms with Crippen molar-refractivity contribution in [3.05, 3.63) is 83.9 Å². The van der Waals surface area contributed by atoms with Gasteiger partial charge in [-0.05, 0) is 71.8 Å². The van der Waals surface area contributed by atoms with E-state index in [1.54, 1.807) is 12.1 Å². The van der Waals surface area contributed by atoms with E-state index in [1.807, 2.05) is 36.4 Å². The summed E-state index contributed by atoms with van der Waals surface area (Å²) < 4.78 is 11.3. The van der Waals surface area contributed by atoms with Gasteiger partial charge in [0.2, 0.25) is 0 Å². The third kappa shape index (κ3) is 8.06. The van der Waals surface area contributed by atoms with Gasteiger partial charge < -0.3 is 9.47 Å². The fourth-order valence-corrected chi connectivity index (χ4v) is 3.84. The topological polar surface area (TPSA) is 35.5 Å². The molecule has 0 aliphatic rings. The van der Waals surface area contributed by atoms with Gasteiger partial charge in [0.15, 0.2) is 0 Å². The number of carbonyl (C=O) groups excluding carboxylic acids is 1. The Labute approximate surface area is 205 Å². The molecule has 1 unspecified atom stereocenters. The molecular weight excluding hydrogens is 420 g/mol. The number of rotatable bonds is 13. The van der Waals surface area contributed by atoms with Crippen molar-refractivity contribution >= 4 is 5.97 Å². The van der Waals surface area contributed by atoms with Crippen LogP contribution in [-0.4, -0.2) is 12.6 Å². The van der Waals surface area contributed by atoms with Crippen molar-refractivity contribution in [3.8, 4) is 22.6 Å². The summed E-state index contributed by atoms with van der Waals surface area (Å²) in [5.41, 5.74) is 4.13. The average Bonchev–Trinajstić information content (AvgIpc) is 2.87. The van der Waals surface area contributed by atoms with Gasteiger partial charge in [0.25, 0.3) is 0 Å². The number of unbranched alkanes of at least 4 members (excludes halogenated alkanes) is 4. The van der Waals surface area contributed by atoms with Crippen molar-refractivity contribution in [1.29, 1.82) is 0 Å². The van der Waals surface area contributed by atoms with Crippen LogP contribution >= 0.6 is 0 Å². The summed E-state index contributed by atoms with van der Waals surface area (Å²) >= 11 is 0. The number of hydrogen-bond donors (Lipinski definition) is 0. The summed E-state index contributed by atoms with van der Waals surface area (Å²) in [6, 6.07) is 23.5. The maximum absolute atomic E-state index is 12.6. The molecule has 0 aromatic heterocycles. The second kappa shape index (κ2) is 13.6. The van der Waals surface area contributed by atoms with Gasteiger partial charge in [-0.2, -0.15) is 0 Å². The minimum absolute atomic E-state index is 0.361. The zero-order valence-electron chi connectivity index (χ0n) is 20.9. The molecule has 0 aliphatic carbocycles. The Bertz CT molecular complexity index is 988. The highest BCUT2D eigenvalue weighted by atomic mass is 16.5. The fourth-order valence-electron chi connectivity index (χ4n) is 3.84. The number of esters is 1. The SMILES string of the molecule is CCCCCCCOc1ccc(OC(=O)c2ccc(-c3ccc(CC(C)CC)cc3)cc2)cc1. The minimum Gasteiger partial charge on any atom is -0.494 e. The van der Waals surface area contributed by atoms with Crippen molar-refractivity contribution in [1.82, 2.24) is 0 Å². The molecule has 34 heavy (non-hydrogen) atoms. The van der Waals surface area contributed by atoms with Crippen molar-refractivity contribution in [2.24, 2.45) is 5.92 Å². The molecule has 0 spiro atoms. The van der Waals surface area contributed by atoms with Crippen LogP contribution in [0.1, 0.15) is 75.2 Å². The number of benzene rings is 3. The molecule has 0 amide bonds. The predicted octanol–water partition coefficient (Wildman–Crippen LogP) is 8.51. The van der Waals surface area contributed by atoms with Crippen molar-refractivity contribution in [3.63, 3.8) is 0 Å². The number of carbonyl (C=O) groups is 1. The van der Waals surface area contributed by atoms with Gasteiger partial charge in [-0.25, -0.2) is 4.79 Å². The smallest absolute Gasteiger partial charge is 0.343 e. The third-order valence-electron chi connectivity index (χ3n) is 6.24. The lowest BCUT2D eigenvalue weighted by Crippen LogP contribution is -2.08. The Balaban J connectivity index is 1.50. The van der Waals surface area contributed by atoms with E-state index in [2.05, 4.69) is 45.0 Å². The molecular formula is C31H38O3. The summed E-state index contributed by atoms with van der Waals surface area (Å²) in [7, 11) is 0. The lowest BCUT2D eigenvalue weighted by atomic mass is 9.96. The van der Waals surface area contributed by atoms with Crippen molar-refractivity contribution in [2.75, 3.05) is 6.61 Å².